The van der Waals surface area contributed by atoms with E-state index in [1.54, 1.807) is 0 Å². The smallest absolute Gasteiger partial charge is 0.101 e. The highest BCUT2D eigenvalue weighted by molar-refractivity contribution is 5.29. The van der Waals surface area contributed by atoms with Gasteiger partial charge in [-0.05, 0) is 0 Å². The first kappa shape index (κ1) is 5.77. The van der Waals surface area contributed by atoms with E-state index in [1.807, 2.05) is 6.07 Å². The van der Waals surface area contributed by atoms with Crippen LogP contribution in [0.2, 0.25) is 0 Å². The van der Waals surface area contributed by atoms with Crippen LogP contribution in [0.4, 0.5) is 0 Å². The Hall–Kier alpha value is -1.23. The van der Waals surface area contributed by atoms with Crippen molar-refractivity contribution in [3.8, 4) is 6.07 Å². The molecule has 0 amide bonds. The summed E-state index contributed by atoms with van der Waals surface area (Å²) >= 11 is 0. The van der Waals surface area contributed by atoms with Crippen LogP contribution in [-0.4, -0.2) is 0 Å². The maximum atomic E-state index is 8.06. The fraction of sp³-hybridized carbons (Fsp3) is 0. The van der Waals surface area contributed by atoms with E-state index in [0.29, 0.717) is 5.57 Å². The lowest BCUT2D eigenvalue weighted by Gasteiger charge is -1.75. The highest BCUT2D eigenvalue weighted by Crippen LogP contribution is 1.85. The highest BCUT2D eigenvalue weighted by Gasteiger charge is 1.77. The van der Waals surface area contributed by atoms with Crippen molar-refractivity contribution in [1.29, 1.82) is 5.26 Å². The third kappa shape index (κ3) is 1.61. The Kier molecular flexibility index (Phi) is 2.46. The number of allylic oxidation sites excluding steroid dienone is 2. The molecular weight excluding hydrogens is 88.1 g/mol. The molecule has 0 rings (SSSR count). The first-order chi connectivity index (χ1) is 3.35. The first-order valence-electron chi connectivity index (χ1n) is 1.79. The van der Waals surface area contributed by atoms with Gasteiger partial charge in [-0.2, -0.15) is 5.26 Å². The molecule has 0 aromatic rings. The van der Waals surface area contributed by atoms with Crippen molar-refractivity contribution in [3.05, 3.63) is 24.4 Å². The second-order valence-electron chi connectivity index (χ2n) is 0.938. The summed E-state index contributed by atoms with van der Waals surface area (Å²) in [7, 11) is 0. The lowest BCUT2D eigenvalue weighted by Crippen LogP contribution is -1.80. The van der Waals surface area contributed by atoms with Crippen LogP contribution >= 0.6 is 0 Å². The molecule has 0 aromatic carbocycles. The zero-order chi connectivity index (χ0) is 5.70. The van der Waals surface area contributed by atoms with Crippen molar-refractivity contribution in [2.24, 2.45) is 5.73 Å². The van der Waals surface area contributed by atoms with Crippen molar-refractivity contribution in [1.82, 2.24) is 0 Å². The number of rotatable bonds is 1. The van der Waals surface area contributed by atoms with E-state index in [0.717, 1.165) is 0 Å². The van der Waals surface area contributed by atoms with Crippen LogP contribution in [0.15, 0.2) is 24.4 Å². The van der Waals surface area contributed by atoms with E-state index in [-0.39, 0.29) is 0 Å². The fourth-order valence-electron chi connectivity index (χ4n) is 0.151. The monoisotopic (exact) mass is 94.1 g/mol. The topological polar surface area (TPSA) is 49.8 Å². The zero-order valence-electron chi connectivity index (χ0n) is 3.89. The molecular formula is C5H6N2. The summed E-state index contributed by atoms with van der Waals surface area (Å²) in [4.78, 5) is 0. The molecule has 36 valence electrons. The molecule has 0 heterocycles. The minimum Gasteiger partial charge on any atom is -0.404 e. The Morgan fingerprint density at radius 2 is 2.43 bits per heavy atom. The standard InChI is InChI=1S/C5H6N2/c1-2-5(3-6)4-7/h2-3H,1,6H2/b5-3+. The Morgan fingerprint density at radius 1 is 1.86 bits per heavy atom. The van der Waals surface area contributed by atoms with E-state index in [9.17, 15) is 0 Å². The third-order valence-electron chi connectivity index (χ3n) is 0.529. The van der Waals surface area contributed by atoms with Gasteiger partial charge in [-0.15, -0.1) is 0 Å². The maximum Gasteiger partial charge on any atom is 0.101 e. The summed E-state index contributed by atoms with van der Waals surface area (Å²) in [6.07, 6.45) is 2.62. The Bertz CT molecular complexity index is 128. The summed E-state index contributed by atoms with van der Waals surface area (Å²) in [5.74, 6) is 0. The maximum absolute atomic E-state index is 8.06. The van der Waals surface area contributed by atoms with E-state index in [2.05, 4.69) is 6.58 Å². The van der Waals surface area contributed by atoms with Gasteiger partial charge in [-0.1, -0.05) is 12.7 Å². The molecule has 0 bridgehead atoms. The van der Waals surface area contributed by atoms with Crippen molar-refractivity contribution in [2.45, 2.75) is 0 Å². The van der Waals surface area contributed by atoms with Gasteiger partial charge in [0.25, 0.3) is 0 Å². The van der Waals surface area contributed by atoms with Crippen LogP contribution in [0.1, 0.15) is 0 Å². The van der Waals surface area contributed by atoms with Crippen molar-refractivity contribution >= 4 is 0 Å². The largest absolute Gasteiger partial charge is 0.404 e. The van der Waals surface area contributed by atoms with Crippen molar-refractivity contribution in [2.75, 3.05) is 0 Å². The van der Waals surface area contributed by atoms with Crippen molar-refractivity contribution in [3.63, 3.8) is 0 Å². The van der Waals surface area contributed by atoms with Crippen LogP contribution in [0.5, 0.6) is 0 Å². The molecule has 0 aliphatic carbocycles. The van der Waals surface area contributed by atoms with Gasteiger partial charge in [0.1, 0.15) is 6.07 Å². The fourth-order valence-corrected chi connectivity index (χ4v) is 0.151. The molecule has 0 aliphatic heterocycles. The molecule has 2 N–H and O–H groups in total. The Morgan fingerprint density at radius 3 is 2.43 bits per heavy atom. The third-order valence-corrected chi connectivity index (χ3v) is 0.529. The first-order valence-corrected chi connectivity index (χ1v) is 1.79. The number of hydrogen-bond acceptors (Lipinski definition) is 2. The van der Waals surface area contributed by atoms with Gasteiger partial charge in [0, 0.05) is 6.20 Å². The van der Waals surface area contributed by atoms with Gasteiger partial charge < -0.3 is 5.73 Å². The predicted octanol–water partition coefficient (Wildman–Crippen LogP) is 0.539. The van der Waals surface area contributed by atoms with Gasteiger partial charge >= 0.3 is 0 Å². The van der Waals surface area contributed by atoms with E-state index in [4.69, 9.17) is 11.0 Å². The average Bonchev–Trinajstić information content (AvgIpc) is 1.72. The minimum atomic E-state index is 0.403. The lowest BCUT2D eigenvalue weighted by atomic mass is 10.3. The minimum absolute atomic E-state index is 0.403. The highest BCUT2D eigenvalue weighted by atomic mass is 14.5. The second-order valence-corrected chi connectivity index (χ2v) is 0.938. The molecule has 0 saturated carbocycles. The van der Waals surface area contributed by atoms with Crippen LogP contribution < -0.4 is 5.73 Å². The van der Waals surface area contributed by atoms with Crippen LogP contribution in [0.25, 0.3) is 0 Å². The number of nitrogens with two attached hydrogens (primary N) is 1. The molecule has 7 heavy (non-hydrogen) atoms. The summed E-state index contributed by atoms with van der Waals surface area (Å²) in [5.41, 5.74) is 5.34. The Balaban J connectivity index is 3.94. The molecule has 2 nitrogen and oxygen atoms in total. The van der Waals surface area contributed by atoms with E-state index in [1.165, 1.54) is 12.3 Å². The molecule has 0 saturated heterocycles. The number of nitrogens with zero attached hydrogens (tertiary/aromatic N) is 1. The van der Waals surface area contributed by atoms with Crippen LogP contribution in [0.3, 0.4) is 0 Å². The molecule has 0 fully saturated rings. The molecule has 2 heteroatoms. The zero-order valence-corrected chi connectivity index (χ0v) is 3.89. The van der Waals surface area contributed by atoms with Crippen molar-refractivity contribution < 1.29 is 0 Å². The SMILES string of the molecule is C=C/C(C#N)=C\N. The van der Waals surface area contributed by atoms with Gasteiger partial charge in [0.15, 0.2) is 0 Å². The average molecular weight is 94.1 g/mol. The number of hydrogen-bond donors (Lipinski definition) is 1. The molecule has 0 aromatic heterocycles. The van der Waals surface area contributed by atoms with Gasteiger partial charge in [0.2, 0.25) is 0 Å². The molecule has 0 atom stereocenters. The summed E-state index contributed by atoms with van der Waals surface area (Å²) in [6, 6.07) is 1.82. The van der Waals surface area contributed by atoms with Gasteiger partial charge in [-0.25, -0.2) is 0 Å². The second kappa shape index (κ2) is 2.98. The normalized spacial score (nSPS) is 9.86. The summed E-state index contributed by atoms with van der Waals surface area (Å²) in [6.45, 7) is 3.33. The number of nitriles is 1. The molecule has 0 unspecified atom stereocenters. The summed E-state index contributed by atoms with van der Waals surface area (Å²) < 4.78 is 0. The quantitative estimate of drug-likeness (QED) is 0.381. The van der Waals surface area contributed by atoms with E-state index < -0.39 is 0 Å². The Labute approximate surface area is 42.6 Å². The predicted molar refractivity (Wildman–Crippen MR) is 28.1 cm³/mol. The van der Waals surface area contributed by atoms with Crippen LogP contribution in [0, 0.1) is 11.3 Å². The molecule has 0 spiro atoms. The van der Waals surface area contributed by atoms with Crippen LogP contribution in [-0.2, 0) is 0 Å². The van der Waals surface area contributed by atoms with E-state index >= 15 is 0 Å². The van der Waals surface area contributed by atoms with Gasteiger partial charge in [0.05, 0.1) is 5.57 Å². The lowest BCUT2D eigenvalue weighted by molar-refractivity contribution is 1.46. The van der Waals surface area contributed by atoms with Gasteiger partial charge in [-0.3, -0.25) is 0 Å². The molecule has 0 radical (unpaired) electrons. The summed E-state index contributed by atoms with van der Waals surface area (Å²) in [5, 5.41) is 8.06. The molecule has 0 aliphatic rings.